The minimum atomic E-state index is -0.621. The fraction of sp³-hybridized carbons (Fsp3) is 0.522. The second-order valence-corrected chi connectivity index (χ2v) is 8.82. The normalized spacial score (nSPS) is 22.7. The van der Waals surface area contributed by atoms with Gasteiger partial charge in [0.05, 0.1) is 32.6 Å². The highest BCUT2D eigenvalue weighted by atomic mass is 19.1. The van der Waals surface area contributed by atoms with E-state index in [2.05, 4.69) is 15.3 Å². The van der Waals surface area contributed by atoms with Crippen LogP contribution in [0.2, 0.25) is 0 Å². The second-order valence-electron chi connectivity index (χ2n) is 8.82. The third-order valence-electron chi connectivity index (χ3n) is 6.52. The summed E-state index contributed by atoms with van der Waals surface area (Å²) in [6, 6.07) is 2.84. The van der Waals surface area contributed by atoms with Crippen molar-refractivity contribution in [3.05, 3.63) is 29.7 Å². The predicted molar refractivity (Wildman–Crippen MR) is 121 cm³/mol. The van der Waals surface area contributed by atoms with Gasteiger partial charge in [0.1, 0.15) is 11.6 Å². The van der Waals surface area contributed by atoms with Crippen LogP contribution in [0.15, 0.2) is 18.3 Å². The van der Waals surface area contributed by atoms with Gasteiger partial charge in [0, 0.05) is 36.0 Å². The molecular weight excluding hydrogens is 429 g/mol. The van der Waals surface area contributed by atoms with Crippen LogP contribution >= 0.6 is 0 Å². The minimum Gasteiger partial charge on any atom is -0.497 e. The van der Waals surface area contributed by atoms with Crippen LogP contribution in [0.1, 0.15) is 44.1 Å². The van der Waals surface area contributed by atoms with Gasteiger partial charge >= 0.3 is 6.03 Å². The number of aliphatic hydroxyl groups excluding tert-OH is 1. The van der Waals surface area contributed by atoms with Crippen molar-refractivity contribution in [2.75, 3.05) is 29.3 Å². The van der Waals surface area contributed by atoms with Crippen LogP contribution in [-0.4, -0.2) is 53.5 Å². The summed E-state index contributed by atoms with van der Waals surface area (Å²) in [5, 5.41) is 13.1. The Kier molecular flexibility index (Phi) is 5.69. The predicted octanol–water partition coefficient (Wildman–Crippen LogP) is 3.46. The van der Waals surface area contributed by atoms with Crippen LogP contribution in [0.25, 0.3) is 0 Å². The van der Waals surface area contributed by atoms with Crippen LogP contribution in [0, 0.1) is 5.82 Å². The zero-order valence-electron chi connectivity index (χ0n) is 18.8. The molecule has 2 amide bonds. The van der Waals surface area contributed by atoms with Crippen molar-refractivity contribution in [3.8, 4) is 11.5 Å². The lowest BCUT2D eigenvalue weighted by Gasteiger charge is -2.36. The summed E-state index contributed by atoms with van der Waals surface area (Å²) < 4.78 is 25.6. The minimum absolute atomic E-state index is 0.00863. The van der Waals surface area contributed by atoms with Crippen molar-refractivity contribution in [2.45, 2.75) is 63.3 Å². The molecule has 0 saturated heterocycles. The van der Waals surface area contributed by atoms with E-state index in [9.17, 15) is 9.90 Å². The van der Waals surface area contributed by atoms with Crippen molar-refractivity contribution in [2.24, 2.45) is 0 Å². The summed E-state index contributed by atoms with van der Waals surface area (Å²) in [6.07, 6.45) is 6.39. The molecule has 2 saturated carbocycles. The average Bonchev–Trinajstić information content (AvgIpc) is 3.66. The molecule has 10 heteroatoms. The van der Waals surface area contributed by atoms with E-state index in [4.69, 9.17) is 9.47 Å². The molecule has 5 rings (SSSR count). The SMILES string of the molecule is COc1cc(OC)c(F)c(N2Cc3cnc(NC4CCC(O)CC4)nc3N(C3CC3)C2=O)c1. The summed E-state index contributed by atoms with van der Waals surface area (Å²) in [4.78, 5) is 25.8. The number of fused-ring (bicyclic) bond motifs is 1. The zero-order chi connectivity index (χ0) is 23.1. The average molecular weight is 458 g/mol. The van der Waals surface area contributed by atoms with Crippen LogP contribution in [0.4, 0.5) is 26.6 Å². The molecule has 176 valence electrons. The lowest BCUT2D eigenvalue weighted by molar-refractivity contribution is 0.126. The highest BCUT2D eigenvalue weighted by molar-refractivity contribution is 6.06. The molecule has 3 aliphatic rings. The third kappa shape index (κ3) is 4.15. The number of nitrogens with zero attached hydrogens (tertiary/aromatic N) is 4. The molecule has 0 unspecified atom stereocenters. The lowest BCUT2D eigenvalue weighted by atomic mass is 9.93. The Labute approximate surface area is 191 Å². The van der Waals surface area contributed by atoms with Crippen molar-refractivity contribution >= 4 is 23.5 Å². The van der Waals surface area contributed by atoms with Crippen LogP contribution in [0.5, 0.6) is 11.5 Å². The number of benzene rings is 1. The number of rotatable bonds is 6. The number of ether oxygens (including phenoxy) is 2. The number of carbonyl (C=O) groups is 1. The van der Waals surface area contributed by atoms with Gasteiger partial charge in [-0.1, -0.05) is 0 Å². The number of hydrogen-bond acceptors (Lipinski definition) is 7. The summed E-state index contributed by atoms with van der Waals surface area (Å²) in [7, 11) is 2.86. The molecule has 0 bridgehead atoms. The molecule has 0 radical (unpaired) electrons. The highest BCUT2D eigenvalue weighted by Gasteiger charge is 2.43. The molecule has 33 heavy (non-hydrogen) atoms. The smallest absolute Gasteiger partial charge is 0.330 e. The molecule has 9 nitrogen and oxygen atoms in total. The van der Waals surface area contributed by atoms with Gasteiger partial charge in [-0.15, -0.1) is 0 Å². The van der Waals surface area contributed by atoms with Gasteiger partial charge in [-0.25, -0.2) is 14.2 Å². The van der Waals surface area contributed by atoms with E-state index >= 15 is 4.39 Å². The lowest BCUT2D eigenvalue weighted by Crippen LogP contribution is -2.49. The number of anilines is 3. The highest BCUT2D eigenvalue weighted by Crippen LogP contribution is 2.41. The fourth-order valence-corrected chi connectivity index (χ4v) is 4.52. The molecule has 2 aliphatic carbocycles. The Morgan fingerprint density at radius 2 is 1.88 bits per heavy atom. The molecule has 2 aromatic rings. The monoisotopic (exact) mass is 457 g/mol. The summed E-state index contributed by atoms with van der Waals surface area (Å²) in [5.74, 6) is 0.825. The van der Waals surface area contributed by atoms with E-state index in [0.717, 1.165) is 44.1 Å². The first-order valence-corrected chi connectivity index (χ1v) is 11.3. The first-order valence-electron chi connectivity index (χ1n) is 11.3. The van der Waals surface area contributed by atoms with Crippen molar-refractivity contribution in [1.29, 1.82) is 0 Å². The summed E-state index contributed by atoms with van der Waals surface area (Å²) in [5.41, 5.74) is 0.836. The summed E-state index contributed by atoms with van der Waals surface area (Å²) >= 11 is 0. The van der Waals surface area contributed by atoms with Gasteiger partial charge in [0.15, 0.2) is 11.6 Å². The molecule has 0 atom stereocenters. The Bertz CT molecular complexity index is 1060. The molecule has 0 spiro atoms. The van der Waals surface area contributed by atoms with Gasteiger partial charge in [-0.2, -0.15) is 4.98 Å². The first-order chi connectivity index (χ1) is 16.0. The van der Waals surface area contributed by atoms with E-state index in [1.807, 2.05) is 0 Å². The van der Waals surface area contributed by atoms with Crippen molar-refractivity contribution in [1.82, 2.24) is 9.97 Å². The number of carbonyl (C=O) groups excluding carboxylic acids is 1. The van der Waals surface area contributed by atoms with E-state index in [-0.39, 0.29) is 42.2 Å². The van der Waals surface area contributed by atoms with Crippen LogP contribution < -0.4 is 24.6 Å². The molecule has 1 aromatic heterocycles. The van der Waals surface area contributed by atoms with Gasteiger partial charge in [0.2, 0.25) is 5.95 Å². The van der Waals surface area contributed by atoms with E-state index in [1.54, 1.807) is 11.1 Å². The maximum absolute atomic E-state index is 15.2. The Balaban J connectivity index is 1.47. The number of amides is 2. The largest absolute Gasteiger partial charge is 0.497 e. The Hall–Kier alpha value is -3.14. The van der Waals surface area contributed by atoms with E-state index in [1.165, 1.54) is 31.3 Å². The molecule has 1 aliphatic heterocycles. The molecule has 2 fully saturated rings. The number of aliphatic hydroxyl groups is 1. The van der Waals surface area contributed by atoms with Gasteiger partial charge in [0.25, 0.3) is 0 Å². The molecular formula is C23H28FN5O4. The maximum Gasteiger partial charge on any atom is 0.330 e. The maximum atomic E-state index is 15.2. The number of urea groups is 1. The third-order valence-corrected chi connectivity index (χ3v) is 6.52. The number of hydrogen-bond donors (Lipinski definition) is 2. The number of nitrogens with one attached hydrogen (secondary N) is 1. The van der Waals surface area contributed by atoms with Crippen LogP contribution in [-0.2, 0) is 6.54 Å². The molecule has 1 aromatic carbocycles. The Morgan fingerprint density at radius 1 is 1.12 bits per heavy atom. The van der Waals surface area contributed by atoms with Gasteiger partial charge < -0.3 is 19.9 Å². The topological polar surface area (TPSA) is 100 Å². The standard InChI is InChI=1S/C23H28FN5O4/c1-32-17-9-18(20(24)19(10-17)33-2)28-12-13-11-25-22(26-14-3-7-16(30)8-4-14)27-21(13)29(23(28)31)15-5-6-15/h9-11,14-16,30H,3-8,12H2,1-2H3,(H,25,26,27). The zero-order valence-corrected chi connectivity index (χ0v) is 18.8. The molecule has 2 heterocycles. The van der Waals surface area contributed by atoms with Gasteiger partial charge in [-0.05, 0) is 38.5 Å². The number of aromatic nitrogens is 2. The number of methoxy groups -OCH3 is 2. The van der Waals surface area contributed by atoms with Crippen molar-refractivity contribution < 1.29 is 23.8 Å². The van der Waals surface area contributed by atoms with Crippen molar-refractivity contribution in [3.63, 3.8) is 0 Å². The quantitative estimate of drug-likeness (QED) is 0.685. The molecule has 2 N–H and O–H groups in total. The van der Waals surface area contributed by atoms with Gasteiger partial charge in [-0.3, -0.25) is 9.80 Å². The van der Waals surface area contributed by atoms with E-state index in [0.29, 0.717) is 17.5 Å². The number of halogens is 1. The van der Waals surface area contributed by atoms with Crippen LogP contribution in [0.3, 0.4) is 0 Å². The second kappa shape index (κ2) is 8.66. The van der Waals surface area contributed by atoms with E-state index < -0.39 is 5.82 Å². The first kappa shape index (κ1) is 21.7. The Morgan fingerprint density at radius 3 is 2.55 bits per heavy atom. The summed E-state index contributed by atoms with van der Waals surface area (Å²) in [6.45, 7) is 0.139. The fourth-order valence-electron chi connectivity index (χ4n) is 4.52.